The molecule has 0 saturated heterocycles. The summed E-state index contributed by atoms with van der Waals surface area (Å²) in [7, 11) is 0. The summed E-state index contributed by atoms with van der Waals surface area (Å²) in [4.78, 5) is 19.9. The molecule has 0 bridgehead atoms. The van der Waals surface area contributed by atoms with Gasteiger partial charge in [0.15, 0.2) is 0 Å². The lowest BCUT2D eigenvalue weighted by molar-refractivity contribution is 0.240. The van der Waals surface area contributed by atoms with Gasteiger partial charge < -0.3 is 10.6 Å². The molecule has 0 aliphatic carbocycles. The Balaban J connectivity index is 1.73. The number of amides is 2. The first kappa shape index (κ1) is 12.5. The van der Waals surface area contributed by atoms with Crippen molar-refractivity contribution in [3.05, 3.63) is 46.2 Å². The molecule has 6 heteroatoms. The van der Waals surface area contributed by atoms with Gasteiger partial charge in [0.1, 0.15) is 5.01 Å². The van der Waals surface area contributed by atoms with Crippen molar-refractivity contribution in [2.45, 2.75) is 20.0 Å². The molecule has 0 aromatic carbocycles. The summed E-state index contributed by atoms with van der Waals surface area (Å²) in [5, 5.41) is 8.36. The quantitative estimate of drug-likeness (QED) is 0.883. The van der Waals surface area contributed by atoms with E-state index in [9.17, 15) is 4.79 Å². The molecule has 2 aromatic rings. The molecule has 0 fully saturated rings. The number of aromatic nitrogens is 2. The maximum absolute atomic E-state index is 11.5. The Morgan fingerprint density at radius 2 is 2.17 bits per heavy atom. The maximum atomic E-state index is 11.5. The molecule has 2 N–H and O–H groups in total. The number of aryl methyl sites for hydroxylation is 1. The molecule has 2 amide bonds. The van der Waals surface area contributed by atoms with E-state index in [-0.39, 0.29) is 6.03 Å². The average Bonchev–Trinajstić information content (AvgIpc) is 2.81. The number of carbonyl (C=O) groups excluding carboxylic acids is 1. The average molecular weight is 262 g/mol. The summed E-state index contributed by atoms with van der Waals surface area (Å²) >= 11 is 1.54. The lowest BCUT2D eigenvalue weighted by Gasteiger charge is -2.05. The SMILES string of the molecule is Cc1csc(CNC(=O)NCc2ccccn2)n1. The Bertz CT molecular complexity index is 512. The second-order valence-electron chi connectivity index (χ2n) is 3.74. The first-order valence-corrected chi connectivity index (χ1v) is 6.44. The Morgan fingerprint density at radius 1 is 1.33 bits per heavy atom. The van der Waals surface area contributed by atoms with Crippen LogP contribution in [-0.4, -0.2) is 16.0 Å². The fourth-order valence-corrected chi connectivity index (χ4v) is 2.09. The summed E-state index contributed by atoms with van der Waals surface area (Å²) in [5.74, 6) is 0. The predicted molar refractivity (Wildman–Crippen MR) is 70.2 cm³/mol. The summed E-state index contributed by atoms with van der Waals surface area (Å²) in [6.07, 6.45) is 1.70. The van der Waals surface area contributed by atoms with Crippen LogP contribution < -0.4 is 10.6 Å². The van der Waals surface area contributed by atoms with E-state index in [2.05, 4.69) is 20.6 Å². The zero-order valence-electron chi connectivity index (χ0n) is 10.0. The van der Waals surface area contributed by atoms with Crippen LogP contribution in [0.4, 0.5) is 4.79 Å². The molecule has 0 spiro atoms. The summed E-state index contributed by atoms with van der Waals surface area (Å²) in [6, 6.07) is 5.38. The fraction of sp³-hybridized carbons (Fsp3) is 0.250. The van der Waals surface area contributed by atoms with E-state index in [1.165, 1.54) is 0 Å². The third kappa shape index (κ3) is 3.81. The van der Waals surface area contributed by atoms with Gasteiger partial charge in [0.25, 0.3) is 0 Å². The summed E-state index contributed by atoms with van der Waals surface area (Å²) in [6.45, 7) is 2.80. The van der Waals surface area contributed by atoms with Gasteiger partial charge in [-0.1, -0.05) is 6.07 Å². The van der Waals surface area contributed by atoms with Crippen LogP contribution in [0.15, 0.2) is 29.8 Å². The standard InChI is InChI=1S/C12H14N4OS/c1-9-8-18-11(16-9)7-15-12(17)14-6-10-4-2-3-5-13-10/h2-5,8H,6-7H2,1H3,(H2,14,15,17). The molecule has 94 valence electrons. The van der Waals surface area contributed by atoms with Crippen LogP contribution in [0.25, 0.3) is 0 Å². The highest BCUT2D eigenvalue weighted by molar-refractivity contribution is 7.09. The molecular formula is C12H14N4OS. The van der Waals surface area contributed by atoms with Crippen molar-refractivity contribution in [2.24, 2.45) is 0 Å². The van der Waals surface area contributed by atoms with Crippen molar-refractivity contribution in [1.82, 2.24) is 20.6 Å². The minimum atomic E-state index is -0.214. The van der Waals surface area contributed by atoms with Crippen LogP contribution in [-0.2, 0) is 13.1 Å². The normalized spacial score (nSPS) is 10.1. The number of urea groups is 1. The molecule has 2 aromatic heterocycles. The first-order valence-electron chi connectivity index (χ1n) is 5.56. The number of hydrogen-bond donors (Lipinski definition) is 2. The van der Waals surface area contributed by atoms with Crippen molar-refractivity contribution in [2.75, 3.05) is 0 Å². The Morgan fingerprint density at radius 3 is 2.83 bits per heavy atom. The molecule has 0 aliphatic rings. The third-order valence-corrected chi connectivity index (χ3v) is 3.19. The molecule has 0 saturated carbocycles. The summed E-state index contributed by atoms with van der Waals surface area (Å²) in [5.41, 5.74) is 1.81. The Kier molecular flexibility index (Phi) is 4.25. The largest absolute Gasteiger partial charge is 0.333 e. The lowest BCUT2D eigenvalue weighted by Crippen LogP contribution is -2.34. The van der Waals surface area contributed by atoms with Crippen LogP contribution in [0, 0.1) is 6.92 Å². The molecule has 2 rings (SSSR count). The Hall–Kier alpha value is -1.95. The second-order valence-corrected chi connectivity index (χ2v) is 4.68. The monoisotopic (exact) mass is 262 g/mol. The van der Waals surface area contributed by atoms with Gasteiger partial charge in [-0.3, -0.25) is 4.98 Å². The number of nitrogens with one attached hydrogen (secondary N) is 2. The zero-order chi connectivity index (χ0) is 12.8. The lowest BCUT2D eigenvalue weighted by atomic mass is 10.3. The molecule has 0 aliphatic heterocycles. The van der Waals surface area contributed by atoms with Gasteiger partial charge in [0.05, 0.1) is 18.8 Å². The van der Waals surface area contributed by atoms with E-state index in [4.69, 9.17) is 0 Å². The van der Waals surface area contributed by atoms with Gasteiger partial charge in [-0.15, -0.1) is 11.3 Å². The predicted octanol–water partition coefficient (Wildman–Crippen LogP) is 1.85. The molecule has 2 heterocycles. The van der Waals surface area contributed by atoms with E-state index in [1.807, 2.05) is 30.5 Å². The first-order chi connectivity index (χ1) is 8.74. The number of pyridine rings is 1. The van der Waals surface area contributed by atoms with Gasteiger partial charge >= 0.3 is 6.03 Å². The van der Waals surface area contributed by atoms with Gasteiger partial charge in [-0.25, -0.2) is 9.78 Å². The van der Waals surface area contributed by atoms with Crippen LogP contribution in [0.2, 0.25) is 0 Å². The Labute approximate surface area is 109 Å². The van der Waals surface area contributed by atoms with E-state index in [0.29, 0.717) is 13.1 Å². The molecule has 0 unspecified atom stereocenters. The van der Waals surface area contributed by atoms with Crippen molar-refractivity contribution in [3.8, 4) is 0 Å². The number of thiazole rings is 1. The number of hydrogen-bond acceptors (Lipinski definition) is 4. The van der Waals surface area contributed by atoms with Gasteiger partial charge in [0, 0.05) is 17.3 Å². The molecule has 18 heavy (non-hydrogen) atoms. The smallest absolute Gasteiger partial charge is 0.315 e. The van der Waals surface area contributed by atoms with E-state index >= 15 is 0 Å². The van der Waals surface area contributed by atoms with Crippen LogP contribution in [0.3, 0.4) is 0 Å². The molecule has 0 radical (unpaired) electrons. The third-order valence-electron chi connectivity index (χ3n) is 2.22. The molecule has 5 nitrogen and oxygen atoms in total. The van der Waals surface area contributed by atoms with Crippen molar-refractivity contribution in [3.63, 3.8) is 0 Å². The van der Waals surface area contributed by atoms with Crippen LogP contribution >= 0.6 is 11.3 Å². The highest BCUT2D eigenvalue weighted by Gasteiger charge is 2.03. The molecular weight excluding hydrogens is 248 g/mol. The second kappa shape index (κ2) is 6.11. The van der Waals surface area contributed by atoms with Gasteiger partial charge in [0.2, 0.25) is 0 Å². The van der Waals surface area contributed by atoms with Crippen molar-refractivity contribution >= 4 is 17.4 Å². The number of rotatable bonds is 4. The van der Waals surface area contributed by atoms with E-state index < -0.39 is 0 Å². The van der Waals surface area contributed by atoms with Crippen molar-refractivity contribution < 1.29 is 4.79 Å². The summed E-state index contributed by atoms with van der Waals surface area (Å²) < 4.78 is 0. The minimum Gasteiger partial charge on any atom is -0.333 e. The van der Waals surface area contributed by atoms with Gasteiger partial charge in [-0.05, 0) is 19.1 Å². The fourth-order valence-electron chi connectivity index (χ4n) is 1.38. The highest BCUT2D eigenvalue weighted by atomic mass is 32.1. The maximum Gasteiger partial charge on any atom is 0.315 e. The topological polar surface area (TPSA) is 66.9 Å². The minimum absolute atomic E-state index is 0.214. The molecule has 0 atom stereocenters. The number of carbonyl (C=O) groups is 1. The van der Waals surface area contributed by atoms with Crippen LogP contribution in [0.1, 0.15) is 16.4 Å². The number of nitrogens with zero attached hydrogens (tertiary/aromatic N) is 2. The van der Waals surface area contributed by atoms with Crippen LogP contribution in [0.5, 0.6) is 0 Å². The van der Waals surface area contributed by atoms with Gasteiger partial charge in [-0.2, -0.15) is 0 Å². The van der Waals surface area contributed by atoms with E-state index in [1.54, 1.807) is 17.5 Å². The van der Waals surface area contributed by atoms with E-state index in [0.717, 1.165) is 16.4 Å². The zero-order valence-corrected chi connectivity index (χ0v) is 10.8. The highest BCUT2D eigenvalue weighted by Crippen LogP contribution is 2.07. The van der Waals surface area contributed by atoms with Crippen molar-refractivity contribution in [1.29, 1.82) is 0 Å².